The molecular formula is C43H45N7O4. The average Bonchev–Trinajstić information content (AvgIpc) is 3.74. The van der Waals surface area contributed by atoms with E-state index in [9.17, 15) is 14.7 Å². The monoisotopic (exact) mass is 723 g/mol. The number of hydrogen-bond donors (Lipinski definition) is 3. The lowest BCUT2D eigenvalue weighted by molar-refractivity contribution is 0.0175. The van der Waals surface area contributed by atoms with Crippen LogP contribution in [0, 0.1) is 17.3 Å². The van der Waals surface area contributed by atoms with Crippen LogP contribution in [0.2, 0.25) is 0 Å². The van der Waals surface area contributed by atoms with E-state index in [0.29, 0.717) is 11.8 Å². The van der Waals surface area contributed by atoms with Gasteiger partial charge >= 0.3 is 12.2 Å². The van der Waals surface area contributed by atoms with E-state index in [1.54, 1.807) is 4.90 Å². The number of rotatable bonds is 4. The standard InChI is InChI=1S/C43H45N7O4/c1-41(2,3)43-21-27(43)20-36(50(43)39(51)52)38-46-30-13-8-23(16-32(30)48-38)22-7-11-28-24(15-22)9-12-29(44-28)25-10-14-31-33(17-25)47-37(45-31)35-19-26-18-34(26)49(35)40(53)54-42(4,5)6/h7-17,26-27,34-36H,18-21H2,1-6H3,(H,45,47)(H,46,48)(H,51,52)/t26-,27-,34-,35+,36+,43-/m1/s1. The van der Waals surface area contributed by atoms with E-state index in [-0.39, 0.29) is 35.2 Å². The van der Waals surface area contributed by atoms with Crippen LogP contribution in [0.4, 0.5) is 9.59 Å². The van der Waals surface area contributed by atoms with Gasteiger partial charge in [-0.15, -0.1) is 0 Å². The molecule has 3 N–H and O–H groups in total. The van der Waals surface area contributed by atoms with Gasteiger partial charge < -0.3 is 19.8 Å². The van der Waals surface area contributed by atoms with Gasteiger partial charge in [-0.05, 0) is 117 Å². The molecule has 3 aromatic heterocycles. The number of carbonyl (C=O) groups is 2. The summed E-state index contributed by atoms with van der Waals surface area (Å²) < 4.78 is 5.76. The van der Waals surface area contributed by atoms with Crippen molar-refractivity contribution in [1.29, 1.82) is 0 Å². The summed E-state index contributed by atoms with van der Waals surface area (Å²) in [5.74, 6) is 2.39. The van der Waals surface area contributed by atoms with Crippen LogP contribution in [0.1, 0.15) is 91.0 Å². The Kier molecular flexibility index (Phi) is 6.78. The maximum absolute atomic E-state index is 13.1. The highest BCUT2D eigenvalue weighted by atomic mass is 16.6. The maximum Gasteiger partial charge on any atom is 0.411 e. The molecule has 2 amide bonds. The van der Waals surface area contributed by atoms with Gasteiger partial charge in [0.2, 0.25) is 0 Å². The van der Waals surface area contributed by atoms with Crippen LogP contribution in [0.3, 0.4) is 0 Å². The second kappa shape index (κ2) is 11.1. The highest BCUT2D eigenvalue weighted by molar-refractivity contribution is 5.90. The van der Waals surface area contributed by atoms with Crippen LogP contribution in [-0.2, 0) is 4.74 Å². The van der Waals surface area contributed by atoms with Crippen molar-refractivity contribution in [1.82, 2.24) is 34.7 Å². The first kappa shape index (κ1) is 33.1. The number of amides is 2. The number of ether oxygens (including phenoxy) is 1. The summed E-state index contributed by atoms with van der Waals surface area (Å²) in [5.41, 5.74) is 7.31. The van der Waals surface area contributed by atoms with Gasteiger partial charge in [-0.2, -0.15) is 0 Å². The number of nitrogens with one attached hydrogen (secondary N) is 2. The molecule has 276 valence electrons. The predicted molar refractivity (Wildman–Crippen MR) is 207 cm³/mol. The van der Waals surface area contributed by atoms with E-state index in [1.807, 2.05) is 49.9 Å². The molecule has 0 bridgehead atoms. The smallest absolute Gasteiger partial charge is 0.411 e. The quantitative estimate of drug-likeness (QED) is 0.165. The first-order valence-corrected chi connectivity index (χ1v) is 19.1. The summed E-state index contributed by atoms with van der Waals surface area (Å²) in [4.78, 5) is 51.2. The number of aromatic nitrogens is 5. The van der Waals surface area contributed by atoms with Gasteiger partial charge in [0.1, 0.15) is 17.2 Å². The number of piperidine rings is 2. The van der Waals surface area contributed by atoms with Crippen molar-refractivity contribution >= 4 is 45.2 Å². The lowest BCUT2D eigenvalue weighted by Gasteiger charge is -2.39. The molecule has 54 heavy (non-hydrogen) atoms. The van der Waals surface area contributed by atoms with E-state index in [0.717, 1.165) is 92.7 Å². The number of carboxylic acid groups (broad SMARTS) is 1. The normalized spacial score (nSPS) is 26.1. The van der Waals surface area contributed by atoms with E-state index < -0.39 is 11.7 Å². The van der Waals surface area contributed by atoms with Crippen LogP contribution in [0.5, 0.6) is 0 Å². The Morgan fingerprint density at radius 2 is 1.46 bits per heavy atom. The molecule has 4 fully saturated rings. The van der Waals surface area contributed by atoms with Crippen LogP contribution in [-0.4, -0.2) is 69.2 Å². The lowest BCUT2D eigenvalue weighted by Crippen LogP contribution is -2.48. The number of hydrogen-bond acceptors (Lipinski definition) is 6. The zero-order chi connectivity index (χ0) is 37.5. The highest BCUT2D eigenvalue weighted by Crippen LogP contribution is 2.68. The number of pyridine rings is 1. The van der Waals surface area contributed by atoms with Crippen molar-refractivity contribution in [3.63, 3.8) is 0 Å². The van der Waals surface area contributed by atoms with Gasteiger partial charge in [-0.25, -0.2) is 24.5 Å². The molecule has 6 atom stereocenters. The second-order valence-corrected chi connectivity index (χ2v) is 18.0. The Hall–Kier alpha value is -5.45. The topological polar surface area (TPSA) is 140 Å². The number of benzene rings is 3. The van der Waals surface area contributed by atoms with Crippen LogP contribution < -0.4 is 0 Å². The van der Waals surface area contributed by atoms with Crippen LogP contribution >= 0.6 is 0 Å². The molecule has 10 rings (SSSR count). The van der Waals surface area contributed by atoms with Crippen LogP contribution in [0.25, 0.3) is 55.4 Å². The number of carbonyl (C=O) groups excluding carboxylic acids is 1. The van der Waals surface area contributed by atoms with Crippen molar-refractivity contribution in [3.8, 4) is 22.4 Å². The van der Waals surface area contributed by atoms with Crippen molar-refractivity contribution < 1.29 is 19.4 Å². The van der Waals surface area contributed by atoms with Gasteiger partial charge in [0.05, 0.1) is 50.9 Å². The minimum Gasteiger partial charge on any atom is -0.465 e. The Morgan fingerprint density at radius 3 is 2.24 bits per heavy atom. The van der Waals surface area contributed by atoms with E-state index >= 15 is 0 Å². The number of aromatic amines is 2. The third kappa shape index (κ3) is 5.10. The number of fused-ring (bicyclic) bond motifs is 5. The summed E-state index contributed by atoms with van der Waals surface area (Å²) in [6, 6.07) is 22.6. The SMILES string of the molecule is CC(C)(C)OC(=O)N1[C@@H]2C[C@@H]2C[C@H]1c1nc2ccc(-c3ccc4cc(-c5ccc6[nH]c([C@@H]7C[C@@H]8C[C@@]8(C(C)(C)C)N7C(=O)O)nc6c5)ccc4n3)cc2[nH]1. The molecule has 3 aromatic carbocycles. The number of H-pyrrole nitrogens is 2. The zero-order valence-corrected chi connectivity index (χ0v) is 31.5. The summed E-state index contributed by atoms with van der Waals surface area (Å²) in [6.07, 6.45) is 2.50. The molecule has 5 heterocycles. The molecule has 4 aliphatic rings. The van der Waals surface area contributed by atoms with Crippen molar-refractivity contribution in [2.75, 3.05) is 0 Å². The molecule has 0 unspecified atom stereocenters. The van der Waals surface area contributed by atoms with Gasteiger partial charge in [-0.3, -0.25) is 9.80 Å². The molecule has 2 aliphatic heterocycles. The van der Waals surface area contributed by atoms with Crippen molar-refractivity contribution in [2.45, 2.75) is 96.5 Å². The molecule has 0 radical (unpaired) electrons. The minimum atomic E-state index is -0.872. The number of nitrogens with zero attached hydrogens (tertiary/aromatic N) is 5. The molecule has 11 heteroatoms. The van der Waals surface area contributed by atoms with E-state index in [4.69, 9.17) is 19.7 Å². The Balaban J connectivity index is 0.897. The highest BCUT2D eigenvalue weighted by Gasteiger charge is 2.72. The van der Waals surface area contributed by atoms with Gasteiger partial charge in [0.15, 0.2) is 0 Å². The van der Waals surface area contributed by atoms with E-state index in [1.165, 1.54) is 0 Å². The summed E-state index contributed by atoms with van der Waals surface area (Å²) in [5, 5.41) is 11.3. The number of likely N-dealkylation sites (tertiary alicyclic amines) is 2. The molecule has 6 aromatic rings. The second-order valence-electron chi connectivity index (χ2n) is 18.0. The Labute approximate surface area is 313 Å². The first-order valence-electron chi connectivity index (χ1n) is 19.1. The van der Waals surface area contributed by atoms with E-state index in [2.05, 4.69) is 73.2 Å². The average molecular weight is 724 g/mol. The molecule has 2 saturated heterocycles. The molecule has 11 nitrogen and oxygen atoms in total. The van der Waals surface area contributed by atoms with Crippen LogP contribution in [0.15, 0.2) is 66.7 Å². The lowest BCUT2D eigenvalue weighted by atomic mass is 9.82. The van der Waals surface area contributed by atoms with Gasteiger partial charge in [0, 0.05) is 17.0 Å². The fraction of sp³-hybridized carbons (Fsp3) is 0.419. The predicted octanol–water partition coefficient (Wildman–Crippen LogP) is 9.62. The molecule has 2 saturated carbocycles. The summed E-state index contributed by atoms with van der Waals surface area (Å²) >= 11 is 0. The summed E-state index contributed by atoms with van der Waals surface area (Å²) in [6.45, 7) is 12.1. The van der Waals surface area contributed by atoms with Crippen molar-refractivity contribution in [2.24, 2.45) is 17.3 Å². The largest absolute Gasteiger partial charge is 0.465 e. The first-order chi connectivity index (χ1) is 25.7. The molecular weight excluding hydrogens is 679 g/mol. The fourth-order valence-electron chi connectivity index (χ4n) is 9.81. The maximum atomic E-state index is 13.1. The number of imidazole rings is 2. The molecule has 2 aliphatic carbocycles. The third-order valence-electron chi connectivity index (χ3n) is 12.5. The summed E-state index contributed by atoms with van der Waals surface area (Å²) in [7, 11) is 0. The van der Waals surface area contributed by atoms with Gasteiger partial charge in [0.25, 0.3) is 0 Å². The van der Waals surface area contributed by atoms with Crippen molar-refractivity contribution in [3.05, 3.63) is 78.4 Å². The minimum absolute atomic E-state index is 0.121. The Morgan fingerprint density at radius 1 is 0.759 bits per heavy atom. The van der Waals surface area contributed by atoms with Gasteiger partial charge in [-0.1, -0.05) is 45.0 Å². The molecule has 0 spiro atoms. The Bertz CT molecular complexity index is 2540. The zero-order valence-electron chi connectivity index (χ0n) is 31.5. The third-order valence-corrected chi connectivity index (χ3v) is 12.5. The fourth-order valence-corrected chi connectivity index (χ4v) is 9.81.